The molecule has 1 rings (SSSR count). The van der Waals surface area contributed by atoms with E-state index in [9.17, 15) is 8.42 Å². The highest BCUT2D eigenvalue weighted by Crippen LogP contribution is 2.05. The number of aliphatic hydroxyl groups is 1. The molecular weight excluding hydrogens is 218 g/mol. The minimum Gasteiger partial charge on any atom is -0.395 e. The van der Waals surface area contributed by atoms with E-state index in [0.717, 1.165) is 0 Å². The number of aromatic nitrogens is 2. The summed E-state index contributed by atoms with van der Waals surface area (Å²) >= 11 is 0. The third kappa shape index (κ3) is 3.80. The Balaban J connectivity index is 2.90. The molecule has 1 aromatic rings. The van der Waals surface area contributed by atoms with Crippen molar-refractivity contribution in [1.29, 1.82) is 0 Å². The van der Waals surface area contributed by atoms with Crippen LogP contribution in [-0.2, 0) is 10.0 Å². The smallest absolute Gasteiger partial charge is 0.237 e. The summed E-state index contributed by atoms with van der Waals surface area (Å²) in [4.78, 5) is 7.84. The van der Waals surface area contributed by atoms with E-state index in [0.29, 0.717) is 11.4 Å². The van der Waals surface area contributed by atoms with E-state index in [1.54, 1.807) is 19.9 Å². The number of aliphatic hydroxyl groups excluding tert-OH is 1. The molecule has 0 atom stereocenters. The van der Waals surface area contributed by atoms with Crippen LogP contribution >= 0.6 is 0 Å². The van der Waals surface area contributed by atoms with Gasteiger partial charge in [-0.2, -0.15) is 0 Å². The summed E-state index contributed by atoms with van der Waals surface area (Å²) in [6.07, 6.45) is 0. The minimum absolute atomic E-state index is 0.0425. The number of anilines is 1. The molecule has 0 fully saturated rings. The topological polar surface area (TPSA) is 92.2 Å². The van der Waals surface area contributed by atoms with Gasteiger partial charge in [-0.25, -0.2) is 18.4 Å². The van der Waals surface area contributed by atoms with Gasteiger partial charge >= 0.3 is 0 Å². The van der Waals surface area contributed by atoms with Crippen LogP contribution in [0, 0.1) is 13.8 Å². The summed E-state index contributed by atoms with van der Waals surface area (Å²) in [6.45, 7) is 3.07. The first kappa shape index (κ1) is 11.9. The Hall–Kier alpha value is -1.21. The first-order valence-electron chi connectivity index (χ1n) is 4.36. The second-order valence-corrected chi connectivity index (χ2v) is 4.96. The summed E-state index contributed by atoms with van der Waals surface area (Å²) in [5, 5.41) is 8.53. The van der Waals surface area contributed by atoms with E-state index in [-0.39, 0.29) is 11.7 Å². The molecule has 0 radical (unpaired) electrons. The van der Waals surface area contributed by atoms with Crippen LogP contribution in [0.4, 0.5) is 5.95 Å². The first-order chi connectivity index (χ1) is 6.93. The van der Waals surface area contributed by atoms with Gasteiger partial charge in [-0.05, 0) is 19.9 Å². The monoisotopic (exact) mass is 231 g/mol. The standard InChI is InChI=1S/C8H13N3O3S/c1-6-5-7(2)10-8(9-6)11-15(13,14)4-3-12/h5,12H,3-4H2,1-2H3,(H,9,10,11). The highest BCUT2D eigenvalue weighted by molar-refractivity contribution is 7.92. The van der Waals surface area contributed by atoms with Crippen LogP contribution in [0.2, 0.25) is 0 Å². The highest BCUT2D eigenvalue weighted by atomic mass is 32.2. The number of sulfonamides is 1. The number of rotatable bonds is 4. The third-order valence-corrected chi connectivity index (χ3v) is 2.80. The SMILES string of the molecule is Cc1cc(C)nc(NS(=O)(=O)CCO)n1. The maximum absolute atomic E-state index is 11.3. The molecule has 0 saturated heterocycles. The number of nitrogens with zero attached hydrogens (tertiary/aromatic N) is 2. The lowest BCUT2D eigenvalue weighted by Gasteiger charge is -2.06. The molecule has 0 aliphatic heterocycles. The Morgan fingerprint density at radius 3 is 2.33 bits per heavy atom. The van der Waals surface area contributed by atoms with Crippen molar-refractivity contribution >= 4 is 16.0 Å². The van der Waals surface area contributed by atoms with Crippen molar-refractivity contribution in [2.45, 2.75) is 13.8 Å². The fraction of sp³-hybridized carbons (Fsp3) is 0.500. The molecule has 0 aliphatic carbocycles. The van der Waals surface area contributed by atoms with Crippen molar-refractivity contribution in [3.05, 3.63) is 17.5 Å². The second-order valence-electron chi connectivity index (χ2n) is 3.12. The van der Waals surface area contributed by atoms with Gasteiger partial charge in [0.05, 0.1) is 12.4 Å². The van der Waals surface area contributed by atoms with Crippen LogP contribution in [-0.4, -0.2) is 35.9 Å². The molecule has 6 nitrogen and oxygen atoms in total. The van der Waals surface area contributed by atoms with Crippen LogP contribution in [0.1, 0.15) is 11.4 Å². The van der Waals surface area contributed by atoms with Gasteiger partial charge in [-0.3, -0.25) is 4.72 Å². The van der Waals surface area contributed by atoms with E-state index < -0.39 is 16.6 Å². The first-order valence-corrected chi connectivity index (χ1v) is 6.02. The molecule has 0 bridgehead atoms. The van der Waals surface area contributed by atoms with Crippen molar-refractivity contribution in [2.75, 3.05) is 17.1 Å². The number of hydrogen-bond acceptors (Lipinski definition) is 5. The normalized spacial score (nSPS) is 11.4. The number of aryl methyl sites for hydroxylation is 2. The van der Waals surface area contributed by atoms with Gasteiger partial charge in [-0.1, -0.05) is 0 Å². The zero-order chi connectivity index (χ0) is 11.5. The van der Waals surface area contributed by atoms with E-state index in [1.807, 2.05) is 0 Å². The lowest BCUT2D eigenvalue weighted by Crippen LogP contribution is -2.20. The fourth-order valence-electron chi connectivity index (χ4n) is 1.08. The van der Waals surface area contributed by atoms with Crippen molar-refractivity contribution in [2.24, 2.45) is 0 Å². The fourth-order valence-corrected chi connectivity index (χ4v) is 1.79. The van der Waals surface area contributed by atoms with Crippen LogP contribution in [0.15, 0.2) is 6.07 Å². The summed E-state index contributed by atoms with van der Waals surface area (Å²) in [5.74, 6) is -0.315. The molecule has 1 aromatic heterocycles. The van der Waals surface area contributed by atoms with Crippen LogP contribution < -0.4 is 4.72 Å². The predicted molar refractivity (Wildman–Crippen MR) is 56.0 cm³/mol. The van der Waals surface area contributed by atoms with E-state index in [1.165, 1.54) is 0 Å². The largest absolute Gasteiger partial charge is 0.395 e. The molecule has 0 amide bonds. The van der Waals surface area contributed by atoms with Crippen LogP contribution in [0.5, 0.6) is 0 Å². The maximum Gasteiger partial charge on any atom is 0.237 e. The Labute approximate surface area is 88.4 Å². The van der Waals surface area contributed by atoms with E-state index in [4.69, 9.17) is 5.11 Å². The zero-order valence-electron chi connectivity index (χ0n) is 8.56. The Kier molecular flexibility index (Phi) is 3.59. The molecule has 15 heavy (non-hydrogen) atoms. The molecule has 1 heterocycles. The van der Waals surface area contributed by atoms with Gasteiger partial charge in [0.2, 0.25) is 16.0 Å². The van der Waals surface area contributed by atoms with E-state index in [2.05, 4.69) is 14.7 Å². The predicted octanol–water partition coefficient (Wildman–Crippen LogP) is -0.173. The molecule has 0 saturated carbocycles. The van der Waals surface area contributed by atoms with Gasteiger partial charge in [0.25, 0.3) is 0 Å². The summed E-state index contributed by atoms with van der Waals surface area (Å²) < 4.78 is 24.7. The van der Waals surface area contributed by atoms with Crippen molar-refractivity contribution < 1.29 is 13.5 Å². The highest BCUT2D eigenvalue weighted by Gasteiger charge is 2.11. The second kappa shape index (κ2) is 4.54. The average molecular weight is 231 g/mol. The minimum atomic E-state index is -3.54. The molecule has 0 aliphatic rings. The summed E-state index contributed by atoms with van der Waals surface area (Å²) in [6, 6.07) is 1.74. The Morgan fingerprint density at radius 1 is 1.33 bits per heavy atom. The molecule has 0 spiro atoms. The quantitative estimate of drug-likeness (QED) is 0.750. The van der Waals surface area contributed by atoms with Gasteiger partial charge in [0.1, 0.15) is 0 Å². The number of nitrogens with one attached hydrogen (secondary N) is 1. The van der Waals surface area contributed by atoms with Gasteiger partial charge < -0.3 is 5.11 Å². The number of hydrogen-bond donors (Lipinski definition) is 2. The van der Waals surface area contributed by atoms with Crippen LogP contribution in [0.3, 0.4) is 0 Å². The summed E-state index contributed by atoms with van der Waals surface area (Å²) in [7, 11) is -3.54. The average Bonchev–Trinajstić information content (AvgIpc) is 1.99. The molecule has 0 aromatic carbocycles. The van der Waals surface area contributed by atoms with Gasteiger partial charge in [0, 0.05) is 11.4 Å². The maximum atomic E-state index is 11.3. The van der Waals surface area contributed by atoms with Crippen molar-refractivity contribution in [3.63, 3.8) is 0 Å². The van der Waals surface area contributed by atoms with Crippen molar-refractivity contribution in [3.8, 4) is 0 Å². The van der Waals surface area contributed by atoms with Gasteiger partial charge in [0.15, 0.2) is 0 Å². The lowest BCUT2D eigenvalue weighted by molar-refractivity contribution is 0.320. The van der Waals surface area contributed by atoms with E-state index >= 15 is 0 Å². The molecule has 0 unspecified atom stereocenters. The zero-order valence-corrected chi connectivity index (χ0v) is 9.37. The van der Waals surface area contributed by atoms with Gasteiger partial charge in [-0.15, -0.1) is 0 Å². The van der Waals surface area contributed by atoms with Crippen LogP contribution in [0.25, 0.3) is 0 Å². The molecule has 2 N–H and O–H groups in total. The Morgan fingerprint density at radius 2 is 1.87 bits per heavy atom. The molecule has 84 valence electrons. The summed E-state index contributed by atoms with van der Waals surface area (Å²) in [5.41, 5.74) is 1.37. The Bertz CT molecular complexity index is 424. The van der Waals surface area contributed by atoms with Crippen molar-refractivity contribution in [1.82, 2.24) is 9.97 Å². The molecular formula is C8H13N3O3S. The third-order valence-electron chi connectivity index (χ3n) is 1.59. The molecule has 7 heteroatoms. The lowest BCUT2D eigenvalue weighted by atomic mass is 10.4.